The number of nitro benzene ring substituents is 1. The van der Waals surface area contributed by atoms with Crippen LogP contribution in [-0.2, 0) is 0 Å². The number of nitrogens with zero attached hydrogens (tertiary/aromatic N) is 4. The number of rotatable bonds is 8. The fraction of sp³-hybridized carbons (Fsp3) is 0.150. The van der Waals surface area contributed by atoms with Gasteiger partial charge in [0.2, 0.25) is 0 Å². The van der Waals surface area contributed by atoms with Gasteiger partial charge in [-0.05, 0) is 30.7 Å². The van der Waals surface area contributed by atoms with Crippen molar-refractivity contribution >= 4 is 17.3 Å². The summed E-state index contributed by atoms with van der Waals surface area (Å²) < 4.78 is 7.05. The van der Waals surface area contributed by atoms with Gasteiger partial charge in [-0.1, -0.05) is 6.07 Å². The molecule has 0 radical (unpaired) electrons. The van der Waals surface area contributed by atoms with Crippen molar-refractivity contribution < 1.29 is 14.5 Å². The van der Waals surface area contributed by atoms with Gasteiger partial charge in [0.1, 0.15) is 11.4 Å². The maximum absolute atomic E-state index is 12.6. The van der Waals surface area contributed by atoms with Crippen LogP contribution in [0.3, 0.4) is 0 Å². The van der Waals surface area contributed by atoms with Crippen LogP contribution in [-0.4, -0.2) is 27.0 Å². The zero-order chi connectivity index (χ0) is 20.6. The maximum atomic E-state index is 12.6. The van der Waals surface area contributed by atoms with E-state index in [9.17, 15) is 14.9 Å². The molecule has 0 atom stereocenters. The lowest BCUT2D eigenvalue weighted by atomic mass is 10.1. The number of nitrogens with one attached hydrogen (secondary N) is 1. The Labute approximate surface area is 166 Å². The van der Waals surface area contributed by atoms with E-state index in [1.165, 1.54) is 35.3 Å². The molecule has 0 saturated heterocycles. The number of nitro groups is 1. The number of anilines is 1. The molecule has 9 heteroatoms. The van der Waals surface area contributed by atoms with Crippen molar-refractivity contribution in [1.82, 2.24) is 9.55 Å². The molecule has 1 aromatic heterocycles. The molecule has 0 aliphatic rings. The molecule has 0 aliphatic carbocycles. The number of carbonyl (C=O) groups is 1. The van der Waals surface area contributed by atoms with Crippen molar-refractivity contribution in [2.24, 2.45) is 0 Å². The molecule has 0 bridgehead atoms. The smallest absolute Gasteiger partial charge is 0.294 e. The number of hydrogen-bond donors (Lipinski definition) is 1. The first-order chi connectivity index (χ1) is 14.1. The van der Waals surface area contributed by atoms with Crippen molar-refractivity contribution in [1.29, 1.82) is 5.26 Å². The average molecular weight is 391 g/mol. The Balaban J connectivity index is 1.75. The first-order valence-electron chi connectivity index (χ1n) is 8.76. The first kappa shape index (κ1) is 19.6. The number of hydrogen-bond acceptors (Lipinski definition) is 6. The summed E-state index contributed by atoms with van der Waals surface area (Å²) in [6.07, 6.45) is 5.57. The highest BCUT2D eigenvalue weighted by molar-refractivity contribution is 6.05. The van der Waals surface area contributed by atoms with Gasteiger partial charge in [-0.3, -0.25) is 14.9 Å². The second-order valence-electron chi connectivity index (χ2n) is 6.02. The molecular formula is C20H17N5O4. The molecule has 3 rings (SSSR count). The van der Waals surface area contributed by atoms with Crippen LogP contribution in [0.1, 0.15) is 23.2 Å². The summed E-state index contributed by atoms with van der Waals surface area (Å²) in [6.45, 7) is 0.396. The molecule has 9 nitrogen and oxygen atoms in total. The Morgan fingerprint density at radius 3 is 2.90 bits per heavy atom. The highest BCUT2D eigenvalue weighted by atomic mass is 16.6. The van der Waals surface area contributed by atoms with Crippen LogP contribution in [0.25, 0.3) is 5.69 Å². The van der Waals surface area contributed by atoms with Crippen LogP contribution in [0.4, 0.5) is 11.4 Å². The summed E-state index contributed by atoms with van der Waals surface area (Å²) in [5.41, 5.74) is 0.761. The molecule has 1 amide bonds. The highest BCUT2D eigenvalue weighted by Crippen LogP contribution is 2.25. The summed E-state index contributed by atoms with van der Waals surface area (Å²) in [6, 6.07) is 13.1. The third-order valence-corrected chi connectivity index (χ3v) is 4.01. The second-order valence-corrected chi connectivity index (χ2v) is 6.02. The number of imidazole rings is 1. The summed E-state index contributed by atoms with van der Waals surface area (Å²) in [4.78, 5) is 27.4. The van der Waals surface area contributed by atoms with Crippen LogP contribution < -0.4 is 10.1 Å². The molecule has 0 aliphatic heterocycles. The van der Waals surface area contributed by atoms with Crippen molar-refractivity contribution in [2.45, 2.75) is 12.8 Å². The van der Waals surface area contributed by atoms with Crippen molar-refractivity contribution in [3.05, 3.63) is 76.9 Å². The number of unbranched alkanes of at least 4 members (excludes halogenated alkanes) is 1. The van der Waals surface area contributed by atoms with E-state index >= 15 is 0 Å². The standard InChI is InChI=1S/C20H17N5O4/c21-8-1-2-11-29-17-5-3-4-16(13-17)23-20(26)15-6-7-18(19(12-15)25(27)28)24-10-9-22-14-24/h3-7,9-10,12-14H,1-2,11H2,(H,23,26). The van der Waals surface area contributed by atoms with E-state index in [1.807, 2.05) is 6.07 Å². The number of benzene rings is 2. The van der Waals surface area contributed by atoms with Crippen molar-refractivity contribution in [3.8, 4) is 17.5 Å². The largest absolute Gasteiger partial charge is 0.493 e. The van der Waals surface area contributed by atoms with E-state index < -0.39 is 10.8 Å². The predicted octanol–water partition coefficient (Wildman–Crippen LogP) is 3.72. The molecule has 0 saturated carbocycles. The lowest BCUT2D eigenvalue weighted by Crippen LogP contribution is -2.13. The van der Waals surface area contributed by atoms with E-state index in [0.717, 1.165) is 0 Å². The quantitative estimate of drug-likeness (QED) is 0.355. The molecular weight excluding hydrogens is 374 g/mol. The van der Waals surface area contributed by atoms with Gasteiger partial charge in [-0.2, -0.15) is 5.26 Å². The molecule has 146 valence electrons. The minimum Gasteiger partial charge on any atom is -0.493 e. The molecule has 2 aromatic carbocycles. The second kappa shape index (κ2) is 9.14. The highest BCUT2D eigenvalue weighted by Gasteiger charge is 2.19. The van der Waals surface area contributed by atoms with Gasteiger partial charge in [0.15, 0.2) is 0 Å². The first-order valence-corrected chi connectivity index (χ1v) is 8.76. The third-order valence-electron chi connectivity index (χ3n) is 4.01. The fourth-order valence-electron chi connectivity index (χ4n) is 2.64. The van der Waals surface area contributed by atoms with Crippen LogP contribution in [0.5, 0.6) is 5.75 Å². The third kappa shape index (κ3) is 4.95. The molecule has 3 aromatic rings. The van der Waals surface area contributed by atoms with Crippen LogP contribution in [0, 0.1) is 21.4 Å². The normalized spacial score (nSPS) is 10.2. The van der Waals surface area contributed by atoms with Crippen molar-refractivity contribution in [2.75, 3.05) is 11.9 Å². The van der Waals surface area contributed by atoms with E-state index in [1.54, 1.807) is 30.5 Å². The molecule has 0 fully saturated rings. The van der Waals surface area contributed by atoms with Gasteiger partial charge in [0, 0.05) is 42.2 Å². The van der Waals surface area contributed by atoms with Gasteiger partial charge in [0.05, 0.1) is 23.9 Å². The average Bonchev–Trinajstić information content (AvgIpc) is 3.26. The minimum atomic E-state index is -0.540. The zero-order valence-corrected chi connectivity index (χ0v) is 15.3. The Morgan fingerprint density at radius 2 is 2.17 bits per heavy atom. The Bertz CT molecular complexity index is 1060. The summed E-state index contributed by atoms with van der Waals surface area (Å²) in [5, 5.41) is 22.7. The lowest BCUT2D eigenvalue weighted by Gasteiger charge is -2.10. The summed E-state index contributed by atoms with van der Waals surface area (Å²) in [7, 11) is 0. The number of ether oxygens (including phenoxy) is 1. The Kier molecular flexibility index (Phi) is 6.17. The van der Waals surface area contributed by atoms with E-state index in [0.29, 0.717) is 36.6 Å². The predicted molar refractivity (Wildman–Crippen MR) is 105 cm³/mol. The Morgan fingerprint density at radius 1 is 1.31 bits per heavy atom. The Hall–Kier alpha value is -4.19. The summed E-state index contributed by atoms with van der Waals surface area (Å²) >= 11 is 0. The number of amides is 1. The van der Waals surface area contributed by atoms with E-state index in [2.05, 4.69) is 10.3 Å². The fourth-order valence-corrected chi connectivity index (χ4v) is 2.64. The molecule has 1 N–H and O–H groups in total. The van der Waals surface area contributed by atoms with E-state index in [-0.39, 0.29) is 11.3 Å². The number of carbonyl (C=O) groups excluding carboxylic acids is 1. The van der Waals surface area contributed by atoms with Crippen LogP contribution in [0.15, 0.2) is 61.2 Å². The van der Waals surface area contributed by atoms with Gasteiger partial charge < -0.3 is 14.6 Å². The SMILES string of the molecule is N#CCCCOc1cccc(NC(=O)c2ccc(-n3ccnc3)c([N+](=O)[O-])c2)c1. The molecule has 1 heterocycles. The van der Waals surface area contributed by atoms with Crippen LogP contribution >= 0.6 is 0 Å². The zero-order valence-electron chi connectivity index (χ0n) is 15.3. The van der Waals surface area contributed by atoms with Gasteiger partial charge in [-0.25, -0.2) is 4.98 Å². The van der Waals surface area contributed by atoms with Crippen LogP contribution in [0.2, 0.25) is 0 Å². The molecule has 0 spiro atoms. The lowest BCUT2D eigenvalue weighted by molar-refractivity contribution is -0.384. The maximum Gasteiger partial charge on any atom is 0.294 e. The number of aromatic nitrogens is 2. The monoisotopic (exact) mass is 391 g/mol. The summed E-state index contributed by atoms with van der Waals surface area (Å²) in [5.74, 6) is 0.0779. The van der Waals surface area contributed by atoms with Gasteiger partial charge in [0.25, 0.3) is 11.6 Å². The molecule has 29 heavy (non-hydrogen) atoms. The van der Waals surface area contributed by atoms with E-state index in [4.69, 9.17) is 10.00 Å². The minimum absolute atomic E-state index is 0.154. The van der Waals surface area contributed by atoms with Gasteiger partial charge >= 0.3 is 0 Å². The topological polar surface area (TPSA) is 123 Å². The number of nitriles is 1. The van der Waals surface area contributed by atoms with Gasteiger partial charge in [-0.15, -0.1) is 0 Å². The van der Waals surface area contributed by atoms with Crippen molar-refractivity contribution in [3.63, 3.8) is 0 Å². The molecule has 0 unspecified atom stereocenters.